The quantitative estimate of drug-likeness (QED) is 0.896. The monoisotopic (exact) mass is 240 g/mol. The van der Waals surface area contributed by atoms with Crippen LogP contribution < -0.4 is 5.32 Å². The molecule has 1 saturated carbocycles. The Morgan fingerprint density at radius 2 is 2.06 bits per heavy atom. The van der Waals surface area contributed by atoms with Crippen LogP contribution in [0.2, 0.25) is 0 Å². The first-order valence-electron chi connectivity index (χ1n) is 6.26. The SMILES string of the molecule is CNc1cc(C2CC2)nc(-c2ccc(C)cn2)n1. The van der Waals surface area contributed by atoms with E-state index >= 15 is 0 Å². The lowest BCUT2D eigenvalue weighted by Crippen LogP contribution is -2.01. The van der Waals surface area contributed by atoms with Gasteiger partial charge in [-0.2, -0.15) is 0 Å². The summed E-state index contributed by atoms with van der Waals surface area (Å²) < 4.78 is 0. The minimum Gasteiger partial charge on any atom is -0.373 e. The van der Waals surface area contributed by atoms with Crippen LogP contribution in [-0.2, 0) is 0 Å². The molecule has 0 saturated heterocycles. The molecule has 1 fully saturated rings. The molecule has 1 N–H and O–H groups in total. The first-order chi connectivity index (χ1) is 8.76. The van der Waals surface area contributed by atoms with Crippen LogP contribution in [0.15, 0.2) is 24.4 Å². The van der Waals surface area contributed by atoms with Gasteiger partial charge in [0.15, 0.2) is 5.82 Å². The molecule has 0 spiro atoms. The van der Waals surface area contributed by atoms with Gasteiger partial charge in [-0.05, 0) is 31.4 Å². The van der Waals surface area contributed by atoms with E-state index in [0.717, 1.165) is 22.8 Å². The topological polar surface area (TPSA) is 50.7 Å². The third-order valence-electron chi connectivity index (χ3n) is 3.14. The van der Waals surface area contributed by atoms with Crippen molar-refractivity contribution in [3.63, 3.8) is 0 Å². The number of aromatic nitrogens is 3. The summed E-state index contributed by atoms with van der Waals surface area (Å²) in [5.41, 5.74) is 3.11. The Morgan fingerprint density at radius 1 is 1.22 bits per heavy atom. The van der Waals surface area contributed by atoms with E-state index in [-0.39, 0.29) is 0 Å². The molecule has 0 unspecified atom stereocenters. The second-order valence-electron chi connectivity index (χ2n) is 4.75. The van der Waals surface area contributed by atoms with Crippen LogP contribution in [0, 0.1) is 6.92 Å². The van der Waals surface area contributed by atoms with Crippen LogP contribution in [-0.4, -0.2) is 22.0 Å². The standard InChI is InChI=1S/C14H16N4/c1-9-3-6-11(16-8-9)14-17-12(10-4-5-10)7-13(15-2)18-14/h3,6-8,10H,4-5H2,1-2H3,(H,15,17,18). The Morgan fingerprint density at radius 3 is 2.67 bits per heavy atom. The van der Waals surface area contributed by atoms with Crippen molar-refractivity contribution in [3.05, 3.63) is 35.7 Å². The van der Waals surface area contributed by atoms with E-state index in [9.17, 15) is 0 Å². The second-order valence-corrected chi connectivity index (χ2v) is 4.75. The fourth-order valence-corrected chi connectivity index (χ4v) is 1.90. The van der Waals surface area contributed by atoms with E-state index < -0.39 is 0 Å². The maximum atomic E-state index is 4.63. The maximum Gasteiger partial charge on any atom is 0.180 e. The summed E-state index contributed by atoms with van der Waals surface area (Å²) >= 11 is 0. The van der Waals surface area contributed by atoms with Crippen LogP contribution in [0.1, 0.15) is 30.0 Å². The molecule has 0 bridgehead atoms. The van der Waals surface area contributed by atoms with E-state index in [2.05, 4.69) is 20.3 Å². The van der Waals surface area contributed by atoms with Crippen molar-refractivity contribution < 1.29 is 0 Å². The highest BCUT2D eigenvalue weighted by atomic mass is 15.0. The predicted octanol–water partition coefficient (Wildman–Crippen LogP) is 2.77. The fourth-order valence-electron chi connectivity index (χ4n) is 1.90. The third kappa shape index (κ3) is 2.18. The van der Waals surface area contributed by atoms with Crippen LogP contribution in [0.25, 0.3) is 11.5 Å². The average molecular weight is 240 g/mol. The molecule has 0 amide bonds. The number of aryl methyl sites for hydroxylation is 1. The van der Waals surface area contributed by atoms with E-state index in [1.165, 1.54) is 12.8 Å². The number of pyridine rings is 1. The molecule has 4 heteroatoms. The summed E-state index contributed by atoms with van der Waals surface area (Å²) in [5, 5.41) is 3.09. The van der Waals surface area contributed by atoms with Gasteiger partial charge in [0.25, 0.3) is 0 Å². The molecule has 92 valence electrons. The van der Waals surface area contributed by atoms with Crippen LogP contribution >= 0.6 is 0 Å². The molecule has 0 atom stereocenters. The van der Waals surface area contributed by atoms with Crippen molar-refractivity contribution in [3.8, 4) is 11.5 Å². The Bertz CT molecular complexity index is 559. The van der Waals surface area contributed by atoms with E-state index in [1.807, 2.05) is 38.4 Å². The molecular formula is C14H16N4. The van der Waals surface area contributed by atoms with Gasteiger partial charge in [-0.15, -0.1) is 0 Å². The fraction of sp³-hybridized carbons (Fsp3) is 0.357. The van der Waals surface area contributed by atoms with Crippen LogP contribution in [0.5, 0.6) is 0 Å². The van der Waals surface area contributed by atoms with Crippen molar-refractivity contribution in [1.29, 1.82) is 0 Å². The van der Waals surface area contributed by atoms with E-state index in [1.54, 1.807) is 0 Å². The van der Waals surface area contributed by atoms with Crippen molar-refractivity contribution in [2.45, 2.75) is 25.7 Å². The Labute approximate surface area is 107 Å². The highest BCUT2D eigenvalue weighted by molar-refractivity contribution is 5.53. The molecule has 0 aliphatic heterocycles. The summed E-state index contributed by atoms with van der Waals surface area (Å²) in [6.45, 7) is 2.03. The van der Waals surface area contributed by atoms with Gasteiger partial charge in [0.05, 0.1) is 0 Å². The number of hydrogen-bond donors (Lipinski definition) is 1. The summed E-state index contributed by atoms with van der Waals surface area (Å²) in [6, 6.07) is 6.05. The molecule has 1 aliphatic rings. The summed E-state index contributed by atoms with van der Waals surface area (Å²) in [7, 11) is 1.88. The van der Waals surface area contributed by atoms with Gasteiger partial charge in [0.1, 0.15) is 11.5 Å². The predicted molar refractivity (Wildman–Crippen MR) is 71.5 cm³/mol. The van der Waals surface area contributed by atoms with Crippen LogP contribution in [0.3, 0.4) is 0 Å². The number of anilines is 1. The lowest BCUT2D eigenvalue weighted by molar-refractivity contribution is 0.987. The number of nitrogens with zero attached hydrogens (tertiary/aromatic N) is 3. The number of nitrogens with one attached hydrogen (secondary N) is 1. The average Bonchev–Trinajstić information content (AvgIpc) is 3.23. The van der Waals surface area contributed by atoms with Gasteiger partial charge in [-0.1, -0.05) is 6.07 Å². The van der Waals surface area contributed by atoms with Gasteiger partial charge in [-0.25, -0.2) is 9.97 Å². The van der Waals surface area contributed by atoms with Crippen molar-refractivity contribution in [1.82, 2.24) is 15.0 Å². The molecule has 4 nitrogen and oxygen atoms in total. The van der Waals surface area contributed by atoms with Crippen molar-refractivity contribution >= 4 is 5.82 Å². The zero-order valence-electron chi connectivity index (χ0n) is 10.6. The second kappa shape index (κ2) is 4.37. The largest absolute Gasteiger partial charge is 0.373 e. The van der Waals surface area contributed by atoms with Gasteiger partial charge in [0.2, 0.25) is 0 Å². The highest BCUT2D eigenvalue weighted by Gasteiger charge is 2.26. The smallest absolute Gasteiger partial charge is 0.180 e. The van der Waals surface area contributed by atoms with E-state index in [0.29, 0.717) is 11.7 Å². The molecule has 18 heavy (non-hydrogen) atoms. The molecule has 2 aromatic heterocycles. The van der Waals surface area contributed by atoms with Gasteiger partial charge >= 0.3 is 0 Å². The molecule has 2 aromatic rings. The van der Waals surface area contributed by atoms with Gasteiger partial charge in [0, 0.05) is 30.9 Å². The first-order valence-corrected chi connectivity index (χ1v) is 6.26. The zero-order valence-corrected chi connectivity index (χ0v) is 10.6. The number of hydrogen-bond acceptors (Lipinski definition) is 4. The lowest BCUT2D eigenvalue weighted by atomic mass is 10.2. The number of rotatable bonds is 3. The maximum absolute atomic E-state index is 4.63. The Kier molecular flexibility index (Phi) is 2.70. The lowest BCUT2D eigenvalue weighted by Gasteiger charge is -2.06. The molecular weight excluding hydrogens is 224 g/mol. The first kappa shape index (κ1) is 11.1. The van der Waals surface area contributed by atoms with E-state index in [4.69, 9.17) is 0 Å². The normalized spacial score (nSPS) is 14.6. The van der Waals surface area contributed by atoms with Gasteiger partial charge in [-0.3, -0.25) is 4.98 Å². The van der Waals surface area contributed by atoms with Gasteiger partial charge < -0.3 is 5.32 Å². The Hall–Kier alpha value is -1.97. The minimum absolute atomic E-state index is 0.615. The molecule has 1 aliphatic carbocycles. The third-order valence-corrected chi connectivity index (χ3v) is 3.14. The molecule has 3 rings (SSSR count). The molecule has 0 radical (unpaired) electrons. The molecule has 0 aromatic carbocycles. The van der Waals surface area contributed by atoms with Crippen molar-refractivity contribution in [2.24, 2.45) is 0 Å². The summed E-state index contributed by atoms with van der Waals surface area (Å²) in [5.74, 6) is 2.19. The van der Waals surface area contributed by atoms with Crippen molar-refractivity contribution in [2.75, 3.05) is 12.4 Å². The summed E-state index contributed by atoms with van der Waals surface area (Å²) in [6.07, 6.45) is 4.32. The Balaban J connectivity index is 2.04. The zero-order chi connectivity index (χ0) is 12.5. The summed E-state index contributed by atoms with van der Waals surface area (Å²) in [4.78, 5) is 13.5. The molecule has 2 heterocycles. The minimum atomic E-state index is 0.615. The highest BCUT2D eigenvalue weighted by Crippen LogP contribution is 2.40. The van der Waals surface area contributed by atoms with Crippen LogP contribution in [0.4, 0.5) is 5.82 Å².